The largest absolute Gasteiger partial charge is 0.417 e. The predicted molar refractivity (Wildman–Crippen MR) is 125 cm³/mol. The summed E-state index contributed by atoms with van der Waals surface area (Å²) in [5, 5.41) is 13.4. The van der Waals surface area contributed by atoms with Crippen molar-refractivity contribution in [1.29, 1.82) is 0 Å². The molecule has 1 amide bonds. The molecule has 1 fully saturated rings. The van der Waals surface area contributed by atoms with Gasteiger partial charge in [0.2, 0.25) is 0 Å². The van der Waals surface area contributed by atoms with Crippen LogP contribution in [-0.2, 0) is 11.0 Å². The summed E-state index contributed by atoms with van der Waals surface area (Å²) in [4.78, 5) is 21.5. The van der Waals surface area contributed by atoms with E-state index in [-0.39, 0.29) is 46.4 Å². The normalized spacial score (nSPS) is 20.1. The van der Waals surface area contributed by atoms with Gasteiger partial charge in [-0.3, -0.25) is 4.79 Å². The van der Waals surface area contributed by atoms with Crippen LogP contribution in [0.3, 0.4) is 0 Å². The Labute approximate surface area is 197 Å². The fourth-order valence-electron chi connectivity index (χ4n) is 4.14. The molecule has 3 heterocycles. The Bertz CT molecular complexity index is 935. The first kappa shape index (κ1) is 25.7. The summed E-state index contributed by atoms with van der Waals surface area (Å²) in [6.07, 6.45) is -1.71. The minimum atomic E-state index is -4.63. The number of carbonyl (C=O) groups excluding carboxylic acids is 1. The molecule has 0 radical (unpaired) electrons. The number of halogens is 3. The molecule has 184 valence electrons. The number of rotatable bonds is 5. The number of hydrogen-bond donors (Lipinski definition) is 2. The van der Waals surface area contributed by atoms with Crippen molar-refractivity contribution in [2.75, 3.05) is 24.3 Å². The molecule has 0 aromatic carbocycles. The van der Waals surface area contributed by atoms with Crippen LogP contribution >= 0.6 is 11.8 Å². The summed E-state index contributed by atoms with van der Waals surface area (Å²) < 4.78 is 42.4. The zero-order valence-corrected chi connectivity index (χ0v) is 20.8. The molecule has 0 bridgehead atoms. The predicted octanol–water partition coefficient (Wildman–Crippen LogP) is 4.77. The maximum absolute atomic E-state index is 14.1. The van der Waals surface area contributed by atoms with Crippen LogP contribution in [0.1, 0.15) is 65.5 Å². The zero-order chi connectivity index (χ0) is 24.8. The van der Waals surface area contributed by atoms with Gasteiger partial charge in [0.25, 0.3) is 5.91 Å². The highest BCUT2D eigenvalue weighted by atomic mass is 32.2. The van der Waals surface area contributed by atoms with E-state index in [4.69, 9.17) is 0 Å². The summed E-state index contributed by atoms with van der Waals surface area (Å²) in [5.41, 5.74) is -2.32. The summed E-state index contributed by atoms with van der Waals surface area (Å²) in [6.45, 7) is 11.4. The van der Waals surface area contributed by atoms with Gasteiger partial charge in [0.1, 0.15) is 11.5 Å². The van der Waals surface area contributed by atoms with Crippen LogP contribution < -0.4 is 5.32 Å². The van der Waals surface area contributed by atoms with Crippen LogP contribution in [0.5, 0.6) is 0 Å². The number of amides is 1. The Morgan fingerprint density at radius 1 is 1.27 bits per heavy atom. The first-order valence-corrected chi connectivity index (χ1v) is 12.1. The molecule has 0 spiro atoms. The van der Waals surface area contributed by atoms with E-state index < -0.39 is 22.9 Å². The molecule has 6 nitrogen and oxygen atoms in total. The van der Waals surface area contributed by atoms with Gasteiger partial charge < -0.3 is 20.2 Å². The molecule has 1 saturated heterocycles. The number of anilines is 1. The Kier molecular flexibility index (Phi) is 7.02. The SMILES string of the molecule is C[C@H]1CCCN1C(=O)C1=C(c2cnc(NC(C)(C)C)cc2C(F)(F)F)SCN1CC(C)(C)O. The Morgan fingerprint density at radius 3 is 2.45 bits per heavy atom. The van der Waals surface area contributed by atoms with Crippen LogP contribution in [0.25, 0.3) is 4.91 Å². The van der Waals surface area contributed by atoms with Crippen molar-refractivity contribution in [2.45, 2.75) is 77.7 Å². The maximum Gasteiger partial charge on any atom is 0.417 e. The van der Waals surface area contributed by atoms with Crippen molar-refractivity contribution >= 4 is 28.4 Å². The minimum absolute atomic E-state index is 0.0133. The number of likely N-dealkylation sites (tertiary alicyclic amines) is 1. The molecule has 0 unspecified atom stereocenters. The van der Waals surface area contributed by atoms with E-state index in [1.165, 1.54) is 18.0 Å². The molecule has 0 saturated carbocycles. The van der Waals surface area contributed by atoms with Gasteiger partial charge >= 0.3 is 6.18 Å². The lowest BCUT2D eigenvalue weighted by atomic mass is 10.0. The quantitative estimate of drug-likeness (QED) is 0.625. The Hall–Kier alpha value is -1.94. The van der Waals surface area contributed by atoms with Gasteiger partial charge in [-0.15, -0.1) is 11.8 Å². The van der Waals surface area contributed by atoms with Crippen LogP contribution in [0.4, 0.5) is 19.0 Å². The third kappa shape index (κ3) is 6.15. The molecule has 2 N–H and O–H groups in total. The molecule has 1 aromatic rings. The lowest BCUT2D eigenvalue weighted by molar-refractivity contribution is -0.138. The van der Waals surface area contributed by atoms with Crippen molar-refractivity contribution in [3.8, 4) is 0 Å². The number of alkyl halides is 3. The Balaban J connectivity index is 2.15. The van der Waals surface area contributed by atoms with E-state index in [0.29, 0.717) is 6.54 Å². The number of aliphatic hydroxyl groups is 1. The van der Waals surface area contributed by atoms with Crippen LogP contribution in [0, 0.1) is 0 Å². The highest BCUT2D eigenvalue weighted by Crippen LogP contribution is 2.46. The second-order valence-electron chi connectivity index (χ2n) is 10.4. The number of nitrogens with one attached hydrogen (secondary N) is 1. The molecular formula is C23H33F3N4O2S. The second-order valence-corrected chi connectivity index (χ2v) is 11.4. The summed E-state index contributed by atoms with van der Waals surface area (Å²) in [6, 6.07) is 1.02. The van der Waals surface area contributed by atoms with Gasteiger partial charge in [-0.1, -0.05) is 0 Å². The highest BCUT2D eigenvalue weighted by molar-refractivity contribution is 8.08. The number of nitrogens with zero attached hydrogens (tertiary/aromatic N) is 3. The van der Waals surface area contributed by atoms with Gasteiger partial charge in [-0.05, 0) is 60.5 Å². The zero-order valence-electron chi connectivity index (χ0n) is 20.0. The lowest BCUT2D eigenvalue weighted by Gasteiger charge is -2.31. The topological polar surface area (TPSA) is 68.7 Å². The minimum Gasteiger partial charge on any atom is -0.389 e. The molecule has 2 aliphatic heterocycles. The summed E-state index contributed by atoms with van der Waals surface area (Å²) in [5.74, 6) is 0.105. The third-order valence-electron chi connectivity index (χ3n) is 5.45. The van der Waals surface area contributed by atoms with E-state index >= 15 is 0 Å². The van der Waals surface area contributed by atoms with Gasteiger partial charge in [0.05, 0.1) is 17.0 Å². The van der Waals surface area contributed by atoms with E-state index in [2.05, 4.69) is 10.3 Å². The van der Waals surface area contributed by atoms with Crippen molar-refractivity contribution in [3.63, 3.8) is 0 Å². The van der Waals surface area contributed by atoms with Crippen LogP contribution in [-0.4, -0.2) is 61.9 Å². The number of β-amino-alcohol motifs (C(OH)–C–C–N with tert-alkyl or cyclic N) is 1. The van der Waals surface area contributed by atoms with Gasteiger partial charge in [0.15, 0.2) is 0 Å². The summed E-state index contributed by atoms with van der Waals surface area (Å²) >= 11 is 1.18. The van der Waals surface area contributed by atoms with E-state index in [1.54, 1.807) is 23.6 Å². The van der Waals surface area contributed by atoms with Crippen molar-refractivity contribution in [2.24, 2.45) is 0 Å². The number of pyridine rings is 1. The van der Waals surface area contributed by atoms with Crippen molar-refractivity contribution < 1.29 is 23.1 Å². The molecule has 1 atom stereocenters. The molecule has 2 aliphatic rings. The lowest BCUT2D eigenvalue weighted by Crippen LogP contribution is -2.43. The molecule has 1 aromatic heterocycles. The average Bonchev–Trinajstić information content (AvgIpc) is 3.24. The number of aromatic nitrogens is 1. The highest BCUT2D eigenvalue weighted by Gasteiger charge is 2.41. The Morgan fingerprint density at radius 2 is 1.94 bits per heavy atom. The summed E-state index contributed by atoms with van der Waals surface area (Å²) in [7, 11) is 0. The maximum atomic E-state index is 14.1. The van der Waals surface area contributed by atoms with Crippen molar-refractivity contribution in [3.05, 3.63) is 29.1 Å². The van der Waals surface area contributed by atoms with E-state index in [1.807, 2.05) is 27.7 Å². The van der Waals surface area contributed by atoms with Crippen molar-refractivity contribution in [1.82, 2.24) is 14.8 Å². The standard InChI is InChI=1S/C23H33F3N4O2S/c1-14-8-7-9-30(14)20(31)18-19(33-13-29(18)12-22(5,6)32)15-11-27-17(28-21(2,3)4)10-16(15)23(24,25)26/h10-11,14,32H,7-9,12-13H2,1-6H3,(H,27,28)/t14-/m0/s1. The monoisotopic (exact) mass is 486 g/mol. The fraction of sp³-hybridized carbons (Fsp3) is 0.652. The smallest absolute Gasteiger partial charge is 0.389 e. The average molecular weight is 487 g/mol. The molecule has 33 heavy (non-hydrogen) atoms. The van der Waals surface area contributed by atoms with Crippen LogP contribution in [0.15, 0.2) is 18.0 Å². The third-order valence-corrected chi connectivity index (χ3v) is 6.59. The second kappa shape index (κ2) is 9.02. The van der Waals surface area contributed by atoms with Crippen LogP contribution in [0.2, 0.25) is 0 Å². The number of carbonyl (C=O) groups is 1. The van der Waals surface area contributed by atoms with E-state index in [0.717, 1.165) is 18.9 Å². The number of thioether (sulfide) groups is 1. The van der Waals surface area contributed by atoms with Gasteiger partial charge in [-0.25, -0.2) is 4.98 Å². The van der Waals surface area contributed by atoms with Gasteiger partial charge in [0, 0.05) is 41.3 Å². The van der Waals surface area contributed by atoms with Gasteiger partial charge in [-0.2, -0.15) is 13.2 Å². The fourth-order valence-corrected chi connectivity index (χ4v) is 5.32. The molecule has 10 heteroatoms. The first-order chi connectivity index (χ1) is 15.1. The molecular weight excluding hydrogens is 453 g/mol. The number of hydrogen-bond acceptors (Lipinski definition) is 6. The molecule has 0 aliphatic carbocycles. The van der Waals surface area contributed by atoms with E-state index in [9.17, 15) is 23.1 Å². The molecule has 3 rings (SSSR count). The first-order valence-electron chi connectivity index (χ1n) is 11.1.